The van der Waals surface area contributed by atoms with Crippen LogP contribution in [0.3, 0.4) is 0 Å². The zero-order valence-electron chi connectivity index (χ0n) is 16.7. The van der Waals surface area contributed by atoms with Crippen LogP contribution in [0.25, 0.3) is 0 Å². The van der Waals surface area contributed by atoms with Crippen LogP contribution in [0.1, 0.15) is 25.0 Å². The van der Waals surface area contributed by atoms with E-state index in [-0.39, 0.29) is 11.9 Å². The summed E-state index contributed by atoms with van der Waals surface area (Å²) in [7, 11) is 0. The Morgan fingerprint density at radius 3 is 2.52 bits per heavy atom. The fourth-order valence-electron chi connectivity index (χ4n) is 2.94. The van der Waals surface area contributed by atoms with Crippen molar-refractivity contribution in [1.82, 2.24) is 10.6 Å². The van der Waals surface area contributed by atoms with E-state index < -0.39 is 0 Å². The number of nitrogens with zero attached hydrogens (tertiary/aromatic N) is 1. The second-order valence-electron chi connectivity index (χ2n) is 7.00. The van der Waals surface area contributed by atoms with Gasteiger partial charge in [0.25, 0.3) is 0 Å². The van der Waals surface area contributed by atoms with E-state index in [0.29, 0.717) is 31.3 Å². The highest BCUT2D eigenvalue weighted by atomic mass is 32.2. The summed E-state index contributed by atoms with van der Waals surface area (Å²) in [6.45, 7) is 5.97. The summed E-state index contributed by atoms with van der Waals surface area (Å²) in [5.74, 6) is 5.96. The van der Waals surface area contributed by atoms with Gasteiger partial charge in [-0.15, -0.1) is 11.8 Å². The molecule has 29 heavy (non-hydrogen) atoms. The van der Waals surface area contributed by atoms with Gasteiger partial charge >= 0.3 is 6.03 Å². The normalized spacial score (nSPS) is 13.1. The van der Waals surface area contributed by atoms with Crippen LogP contribution in [-0.2, 0) is 11.2 Å². The zero-order chi connectivity index (χ0) is 20.6. The first kappa shape index (κ1) is 20.8. The second kappa shape index (κ2) is 10.0. The third kappa shape index (κ3) is 6.30. The molecule has 1 heterocycles. The molecule has 2 aromatic rings. The summed E-state index contributed by atoms with van der Waals surface area (Å²) in [6.07, 6.45) is 0.348. The van der Waals surface area contributed by atoms with Gasteiger partial charge in [0, 0.05) is 34.5 Å². The Hall–Kier alpha value is -2.91. The number of urea groups is 1. The van der Waals surface area contributed by atoms with E-state index >= 15 is 0 Å². The Morgan fingerprint density at radius 1 is 1.17 bits per heavy atom. The molecule has 0 aliphatic carbocycles. The summed E-state index contributed by atoms with van der Waals surface area (Å²) in [5, 5.41) is 6.15. The molecular weight excluding hydrogens is 382 g/mol. The highest BCUT2D eigenvalue weighted by molar-refractivity contribution is 7.99. The van der Waals surface area contributed by atoms with E-state index in [1.54, 1.807) is 4.90 Å². The summed E-state index contributed by atoms with van der Waals surface area (Å²) < 4.78 is 0. The van der Waals surface area contributed by atoms with Crippen LogP contribution in [0, 0.1) is 11.8 Å². The molecule has 1 saturated heterocycles. The summed E-state index contributed by atoms with van der Waals surface area (Å²) in [4.78, 5) is 26.7. The van der Waals surface area contributed by atoms with Gasteiger partial charge in [-0.2, -0.15) is 0 Å². The first-order valence-corrected chi connectivity index (χ1v) is 10.6. The zero-order valence-corrected chi connectivity index (χ0v) is 17.5. The van der Waals surface area contributed by atoms with E-state index in [0.717, 1.165) is 16.8 Å². The van der Waals surface area contributed by atoms with Gasteiger partial charge in [0.05, 0.1) is 13.0 Å². The van der Waals surface area contributed by atoms with Crippen molar-refractivity contribution in [2.75, 3.05) is 24.5 Å². The van der Waals surface area contributed by atoms with Crippen LogP contribution in [0.4, 0.5) is 10.5 Å². The molecule has 3 rings (SSSR count). The van der Waals surface area contributed by atoms with Crippen LogP contribution in [-0.4, -0.2) is 36.8 Å². The number of carbonyl (C=O) groups is 2. The highest BCUT2D eigenvalue weighted by Gasteiger charge is 2.20. The number of hydrogen-bond donors (Lipinski definition) is 2. The van der Waals surface area contributed by atoms with Crippen molar-refractivity contribution in [3.8, 4) is 11.8 Å². The van der Waals surface area contributed by atoms with Crippen LogP contribution in [0.15, 0.2) is 53.4 Å². The van der Waals surface area contributed by atoms with Crippen molar-refractivity contribution in [3.63, 3.8) is 0 Å². The fourth-order valence-corrected chi connectivity index (χ4v) is 3.78. The third-order valence-electron chi connectivity index (χ3n) is 4.30. The van der Waals surface area contributed by atoms with Gasteiger partial charge in [0.15, 0.2) is 0 Å². The van der Waals surface area contributed by atoms with E-state index in [9.17, 15) is 9.59 Å². The number of nitrogens with one attached hydrogen (secondary N) is 2. The molecule has 1 aliphatic rings. The summed E-state index contributed by atoms with van der Waals surface area (Å²) in [5.41, 5.74) is 2.70. The Bertz CT molecular complexity index is 912. The van der Waals surface area contributed by atoms with Crippen molar-refractivity contribution in [2.24, 2.45) is 0 Å². The Labute approximate surface area is 176 Å². The molecule has 0 unspecified atom stereocenters. The summed E-state index contributed by atoms with van der Waals surface area (Å²) >= 11 is 1.81. The molecular formula is C23H25N3O2S. The topological polar surface area (TPSA) is 61.4 Å². The molecule has 0 atom stereocenters. The van der Waals surface area contributed by atoms with Gasteiger partial charge in [-0.1, -0.05) is 37.8 Å². The lowest BCUT2D eigenvalue weighted by molar-refractivity contribution is -0.120. The maximum atomic E-state index is 12.1. The quantitative estimate of drug-likeness (QED) is 0.570. The van der Waals surface area contributed by atoms with Crippen molar-refractivity contribution >= 4 is 29.4 Å². The minimum absolute atomic E-state index is 0.0426. The van der Waals surface area contributed by atoms with Crippen LogP contribution >= 0.6 is 11.8 Å². The fraction of sp³-hybridized carbons (Fsp3) is 0.304. The number of carbonyl (C=O) groups excluding carboxylic acids is 2. The van der Waals surface area contributed by atoms with Crippen LogP contribution in [0.2, 0.25) is 0 Å². The predicted octanol–water partition coefficient (Wildman–Crippen LogP) is 3.43. The molecule has 5 nitrogen and oxygen atoms in total. The van der Waals surface area contributed by atoms with Gasteiger partial charge in [-0.25, -0.2) is 4.79 Å². The molecule has 3 amide bonds. The average molecular weight is 408 g/mol. The van der Waals surface area contributed by atoms with Gasteiger partial charge in [-0.3, -0.25) is 9.69 Å². The number of rotatable bonds is 6. The first-order chi connectivity index (χ1) is 14.0. The molecule has 0 spiro atoms. The SMILES string of the molecule is CC(C)Sc1ccc(CC(=O)NCC#Cc2ccc(N3CCNC3=O)cc2)cc1. The highest BCUT2D eigenvalue weighted by Crippen LogP contribution is 2.23. The standard InChI is InChI=1S/C23H25N3O2S/c1-17(2)29-21-11-7-19(8-12-21)16-22(27)24-13-3-4-18-5-9-20(10-6-18)26-15-14-25-23(26)28/h5-12,17H,13-16H2,1-2H3,(H,24,27)(H,25,28). The second-order valence-corrected chi connectivity index (χ2v) is 8.65. The van der Waals surface area contributed by atoms with Crippen molar-refractivity contribution in [3.05, 3.63) is 59.7 Å². The van der Waals surface area contributed by atoms with Crippen molar-refractivity contribution in [1.29, 1.82) is 0 Å². The Balaban J connectivity index is 1.44. The lowest BCUT2D eigenvalue weighted by atomic mass is 10.1. The van der Waals surface area contributed by atoms with Crippen LogP contribution in [0.5, 0.6) is 0 Å². The number of thioether (sulfide) groups is 1. The van der Waals surface area contributed by atoms with Crippen molar-refractivity contribution in [2.45, 2.75) is 30.4 Å². The molecule has 2 aromatic carbocycles. The average Bonchev–Trinajstić information content (AvgIpc) is 3.13. The third-order valence-corrected chi connectivity index (χ3v) is 5.32. The molecule has 2 N–H and O–H groups in total. The first-order valence-electron chi connectivity index (χ1n) is 9.68. The number of benzene rings is 2. The largest absolute Gasteiger partial charge is 0.345 e. The van der Waals surface area contributed by atoms with Gasteiger partial charge in [0.2, 0.25) is 5.91 Å². The minimum Gasteiger partial charge on any atom is -0.345 e. The Morgan fingerprint density at radius 2 is 1.90 bits per heavy atom. The lowest BCUT2D eigenvalue weighted by Gasteiger charge is -2.13. The molecule has 0 radical (unpaired) electrons. The molecule has 0 aromatic heterocycles. The van der Waals surface area contributed by atoms with Gasteiger partial charge in [0.1, 0.15) is 0 Å². The smallest absolute Gasteiger partial charge is 0.321 e. The molecule has 0 bridgehead atoms. The monoisotopic (exact) mass is 407 g/mol. The van der Waals surface area contributed by atoms with E-state index in [4.69, 9.17) is 0 Å². The maximum Gasteiger partial charge on any atom is 0.321 e. The Kier molecular flexibility index (Phi) is 7.20. The van der Waals surface area contributed by atoms with Crippen LogP contribution < -0.4 is 15.5 Å². The summed E-state index contributed by atoms with van der Waals surface area (Å²) in [6, 6.07) is 15.6. The lowest BCUT2D eigenvalue weighted by Crippen LogP contribution is -2.27. The minimum atomic E-state index is -0.0696. The molecule has 0 saturated carbocycles. The van der Waals surface area contributed by atoms with E-state index in [1.807, 2.05) is 48.2 Å². The van der Waals surface area contributed by atoms with E-state index in [2.05, 4.69) is 48.5 Å². The molecule has 150 valence electrons. The number of anilines is 1. The number of hydrogen-bond acceptors (Lipinski definition) is 3. The predicted molar refractivity (Wildman–Crippen MR) is 118 cm³/mol. The van der Waals surface area contributed by atoms with Crippen molar-refractivity contribution < 1.29 is 9.59 Å². The molecule has 1 fully saturated rings. The van der Waals surface area contributed by atoms with Gasteiger partial charge < -0.3 is 10.6 Å². The maximum absolute atomic E-state index is 12.1. The van der Waals surface area contributed by atoms with E-state index in [1.165, 1.54) is 4.90 Å². The molecule has 6 heteroatoms. The van der Waals surface area contributed by atoms with Gasteiger partial charge in [-0.05, 0) is 42.0 Å². The number of amides is 3. The molecule has 1 aliphatic heterocycles.